The van der Waals surface area contributed by atoms with Gasteiger partial charge in [-0.05, 0) is 19.3 Å². The van der Waals surface area contributed by atoms with Crippen LogP contribution in [0.4, 0.5) is 0 Å². The van der Waals surface area contributed by atoms with E-state index in [0.717, 1.165) is 19.3 Å². The highest BCUT2D eigenvalue weighted by Gasteiger charge is 2.40. The second-order valence-electron chi connectivity index (χ2n) is 8.12. The van der Waals surface area contributed by atoms with Crippen molar-refractivity contribution in [1.29, 1.82) is 0 Å². The lowest BCUT2D eigenvalue weighted by Gasteiger charge is -2.23. The minimum absolute atomic E-state index is 0.154. The molecule has 0 bridgehead atoms. The fraction of sp³-hybridized carbons (Fsp3) is 0.913. The summed E-state index contributed by atoms with van der Waals surface area (Å²) in [6, 6.07) is 0. The Labute approximate surface area is 172 Å². The normalized spacial score (nSPS) is 23.2. The Morgan fingerprint density at radius 2 is 1.39 bits per heavy atom. The molecule has 0 aromatic carbocycles. The first kappa shape index (κ1) is 25.6. The van der Waals surface area contributed by atoms with Crippen LogP contribution in [0.5, 0.6) is 0 Å². The molecular formula is C23H44O5. The number of rotatable bonds is 19. The zero-order valence-electron chi connectivity index (χ0n) is 17.8. The molecule has 0 aromatic rings. The molecule has 0 spiro atoms. The molecule has 1 aliphatic heterocycles. The predicted octanol–water partition coefficient (Wildman–Crippen LogP) is 4.13. The van der Waals surface area contributed by atoms with Crippen LogP contribution in [-0.2, 0) is 9.47 Å². The van der Waals surface area contributed by atoms with Crippen LogP contribution in [0.1, 0.15) is 89.9 Å². The summed E-state index contributed by atoms with van der Waals surface area (Å²) in [5, 5.41) is 28.6. The standard InChI is InChI=1S/C23H44O5/c1-2-3-4-5-6-7-8-9-10-11-12-13-14-15-16-17-27-23-21(26)19-28-22(23)20(25)18-24/h2,20-26H,1,3-19H2/t20-,21+,22+,23+/m1/s1. The van der Waals surface area contributed by atoms with Crippen molar-refractivity contribution in [3.8, 4) is 0 Å². The first-order chi connectivity index (χ1) is 13.7. The minimum atomic E-state index is -1.00. The topological polar surface area (TPSA) is 79.2 Å². The summed E-state index contributed by atoms with van der Waals surface area (Å²) in [5.41, 5.74) is 0. The largest absolute Gasteiger partial charge is 0.394 e. The van der Waals surface area contributed by atoms with Gasteiger partial charge in [0.05, 0.1) is 13.2 Å². The van der Waals surface area contributed by atoms with Gasteiger partial charge in [0.1, 0.15) is 24.4 Å². The maximum Gasteiger partial charge on any atom is 0.114 e. The quantitative estimate of drug-likeness (QED) is 0.224. The average Bonchev–Trinajstić information content (AvgIpc) is 3.07. The van der Waals surface area contributed by atoms with Gasteiger partial charge in [0, 0.05) is 6.61 Å². The first-order valence-corrected chi connectivity index (χ1v) is 11.5. The van der Waals surface area contributed by atoms with Crippen LogP contribution in [0, 0.1) is 0 Å². The van der Waals surface area contributed by atoms with Gasteiger partial charge in [0.25, 0.3) is 0 Å². The second-order valence-corrected chi connectivity index (χ2v) is 8.12. The summed E-state index contributed by atoms with van der Waals surface area (Å²) in [6.07, 6.45) is 17.1. The molecule has 4 atom stereocenters. The highest BCUT2D eigenvalue weighted by Crippen LogP contribution is 2.21. The maximum atomic E-state index is 9.88. The van der Waals surface area contributed by atoms with E-state index >= 15 is 0 Å². The molecule has 5 heteroatoms. The molecule has 0 aliphatic carbocycles. The Hall–Kier alpha value is -0.460. The van der Waals surface area contributed by atoms with Crippen molar-refractivity contribution in [3.63, 3.8) is 0 Å². The number of hydrogen-bond donors (Lipinski definition) is 3. The zero-order chi connectivity index (χ0) is 20.5. The monoisotopic (exact) mass is 400 g/mol. The Kier molecular flexibility index (Phi) is 15.9. The molecule has 5 nitrogen and oxygen atoms in total. The highest BCUT2D eigenvalue weighted by atomic mass is 16.6. The van der Waals surface area contributed by atoms with Crippen molar-refractivity contribution in [2.24, 2.45) is 0 Å². The average molecular weight is 401 g/mol. The van der Waals surface area contributed by atoms with E-state index in [9.17, 15) is 10.2 Å². The van der Waals surface area contributed by atoms with Gasteiger partial charge < -0.3 is 24.8 Å². The second kappa shape index (κ2) is 17.4. The Morgan fingerprint density at radius 3 is 1.89 bits per heavy atom. The molecule has 1 aliphatic rings. The molecule has 1 heterocycles. The number of ether oxygens (including phenoxy) is 2. The van der Waals surface area contributed by atoms with E-state index in [-0.39, 0.29) is 13.2 Å². The number of unbranched alkanes of at least 4 members (excludes halogenated alkanes) is 13. The van der Waals surface area contributed by atoms with Crippen molar-refractivity contribution >= 4 is 0 Å². The van der Waals surface area contributed by atoms with Crippen molar-refractivity contribution in [2.75, 3.05) is 19.8 Å². The zero-order valence-corrected chi connectivity index (χ0v) is 17.8. The molecular weight excluding hydrogens is 356 g/mol. The Balaban J connectivity index is 1.85. The summed E-state index contributed by atoms with van der Waals surface area (Å²) >= 11 is 0. The Morgan fingerprint density at radius 1 is 0.893 bits per heavy atom. The van der Waals surface area contributed by atoms with E-state index in [1.165, 1.54) is 70.6 Å². The number of aliphatic hydroxyl groups is 3. The summed E-state index contributed by atoms with van der Waals surface area (Å²) in [7, 11) is 0. The van der Waals surface area contributed by atoms with Crippen LogP contribution >= 0.6 is 0 Å². The van der Waals surface area contributed by atoms with Gasteiger partial charge in [-0.3, -0.25) is 0 Å². The Bertz CT molecular complexity index is 363. The van der Waals surface area contributed by atoms with E-state index in [4.69, 9.17) is 14.6 Å². The lowest BCUT2D eigenvalue weighted by Crippen LogP contribution is -2.42. The molecule has 0 saturated carbocycles. The van der Waals surface area contributed by atoms with E-state index in [1.54, 1.807) is 0 Å². The van der Waals surface area contributed by atoms with Crippen molar-refractivity contribution in [2.45, 2.75) is 114 Å². The van der Waals surface area contributed by atoms with Crippen LogP contribution in [0.2, 0.25) is 0 Å². The summed E-state index contributed by atoms with van der Waals surface area (Å²) < 4.78 is 11.0. The lowest BCUT2D eigenvalue weighted by atomic mass is 10.0. The lowest BCUT2D eigenvalue weighted by molar-refractivity contribution is -0.0938. The molecule has 3 N–H and O–H groups in total. The number of allylic oxidation sites excluding steroid dienone is 1. The molecule has 1 fully saturated rings. The molecule has 0 unspecified atom stereocenters. The third-order valence-electron chi connectivity index (χ3n) is 5.59. The van der Waals surface area contributed by atoms with E-state index in [1.807, 2.05) is 6.08 Å². The van der Waals surface area contributed by atoms with Crippen LogP contribution in [0.25, 0.3) is 0 Å². The molecule has 28 heavy (non-hydrogen) atoms. The van der Waals surface area contributed by atoms with Crippen LogP contribution < -0.4 is 0 Å². The smallest absolute Gasteiger partial charge is 0.114 e. The van der Waals surface area contributed by atoms with Crippen LogP contribution in [-0.4, -0.2) is 59.6 Å². The van der Waals surface area contributed by atoms with E-state index < -0.39 is 24.4 Å². The summed E-state index contributed by atoms with van der Waals surface area (Å²) in [6.45, 7) is 4.09. The third kappa shape index (κ3) is 11.5. The molecule has 0 amide bonds. The summed E-state index contributed by atoms with van der Waals surface area (Å²) in [5.74, 6) is 0. The van der Waals surface area contributed by atoms with Gasteiger partial charge in [0.15, 0.2) is 0 Å². The third-order valence-corrected chi connectivity index (χ3v) is 5.59. The fourth-order valence-electron chi connectivity index (χ4n) is 3.81. The van der Waals surface area contributed by atoms with Gasteiger partial charge >= 0.3 is 0 Å². The molecule has 166 valence electrons. The van der Waals surface area contributed by atoms with E-state index in [0.29, 0.717) is 6.61 Å². The van der Waals surface area contributed by atoms with Gasteiger partial charge in [-0.1, -0.05) is 76.7 Å². The van der Waals surface area contributed by atoms with Gasteiger partial charge in [-0.25, -0.2) is 0 Å². The fourth-order valence-corrected chi connectivity index (χ4v) is 3.81. The van der Waals surface area contributed by atoms with Gasteiger partial charge in [-0.2, -0.15) is 0 Å². The maximum absolute atomic E-state index is 9.88. The predicted molar refractivity (Wildman–Crippen MR) is 113 cm³/mol. The summed E-state index contributed by atoms with van der Waals surface area (Å²) in [4.78, 5) is 0. The van der Waals surface area contributed by atoms with Crippen molar-refractivity contribution in [3.05, 3.63) is 12.7 Å². The SMILES string of the molecule is C=CCCCCCCCCCCCCCCCO[C@@H]1[C@H]([C@H](O)CO)OC[C@@H]1O. The minimum Gasteiger partial charge on any atom is -0.394 e. The highest BCUT2D eigenvalue weighted by molar-refractivity contribution is 4.89. The van der Waals surface area contributed by atoms with Crippen molar-refractivity contribution < 1.29 is 24.8 Å². The van der Waals surface area contributed by atoms with Crippen LogP contribution in [0.15, 0.2) is 12.7 Å². The molecule has 0 radical (unpaired) electrons. The number of aliphatic hydroxyl groups excluding tert-OH is 3. The van der Waals surface area contributed by atoms with Gasteiger partial charge in [0.2, 0.25) is 0 Å². The molecule has 1 saturated heterocycles. The van der Waals surface area contributed by atoms with Gasteiger partial charge in [-0.15, -0.1) is 6.58 Å². The van der Waals surface area contributed by atoms with E-state index in [2.05, 4.69) is 6.58 Å². The molecule has 0 aromatic heterocycles. The first-order valence-electron chi connectivity index (χ1n) is 11.5. The molecule has 1 rings (SSSR count). The number of hydrogen-bond acceptors (Lipinski definition) is 5. The van der Waals surface area contributed by atoms with Crippen molar-refractivity contribution in [1.82, 2.24) is 0 Å². The van der Waals surface area contributed by atoms with Crippen LogP contribution in [0.3, 0.4) is 0 Å².